The third kappa shape index (κ3) is 2.80. The molecular formula is C15H23N5O. The molecule has 0 radical (unpaired) electrons. The summed E-state index contributed by atoms with van der Waals surface area (Å²) in [5.74, 6) is 1.52. The Labute approximate surface area is 125 Å². The lowest BCUT2D eigenvalue weighted by Crippen LogP contribution is -2.54. The minimum atomic E-state index is 0.191. The second kappa shape index (κ2) is 5.50. The fourth-order valence-corrected chi connectivity index (χ4v) is 3.62. The third-order valence-corrected chi connectivity index (χ3v) is 4.74. The molecule has 1 spiro atoms. The Bertz CT molecular complexity index is 535. The molecule has 21 heavy (non-hydrogen) atoms. The van der Waals surface area contributed by atoms with E-state index in [1.54, 1.807) is 12.3 Å². The standard InChI is InChI=1S/C15H23N5O/c1-2-19-10-15(7-4-13(19)21)6-3-9-20(11-15)14-17-8-5-12(16)18-14/h5,8H,2-4,6-7,9-11H2,1H3,(H2,16,17,18)/t15-/m0/s1. The SMILES string of the molecule is CCN1C[C@]2(CCCN(c3nccc(N)n3)C2)CCC1=O. The molecule has 2 aliphatic rings. The van der Waals surface area contributed by atoms with Gasteiger partial charge in [0.2, 0.25) is 11.9 Å². The van der Waals surface area contributed by atoms with Gasteiger partial charge in [-0.3, -0.25) is 4.79 Å². The van der Waals surface area contributed by atoms with Gasteiger partial charge >= 0.3 is 0 Å². The van der Waals surface area contributed by atoms with E-state index in [2.05, 4.69) is 21.8 Å². The van der Waals surface area contributed by atoms with Crippen molar-refractivity contribution in [2.75, 3.05) is 36.8 Å². The Morgan fingerprint density at radius 1 is 1.38 bits per heavy atom. The predicted octanol–water partition coefficient (Wildman–Crippen LogP) is 1.29. The van der Waals surface area contributed by atoms with Gasteiger partial charge in [-0.15, -0.1) is 0 Å². The third-order valence-electron chi connectivity index (χ3n) is 4.74. The van der Waals surface area contributed by atoms with Crippen LogP contribution in [0.25, 0.3) is 0 Å². The minimum Gasteiger partial charge on any atom is -0.384 e. The average molecular weight is 289 g/mol. The number of amides is 1. The lowest BCUT2D eigenvalue weighted by atomic mass is 9.73. The highest BCUT2D eigenvalue weighted by atomic mass is 16.2. The first-order valence-electron chi connectivity index (χ1n) is 7.73. The van der Waals surface area contributed by atoms with E-state index in [4.69, 9.17) is 5.73 Å². The monoisotopic (exact) mass is 289 g/mol. The Kier molecular flexibility index (Phi) is 3.69. The van der Waals surface area contributed by atoms with E-state index in [9.17, 15) is 4.79 Å². The molecule has 2 saturated heterocycles. The lowest BCUT2D eigenvalue weighted by molar-refractivity contribution is -0.137. The first-order valence-corrected chi connectivity index (χ1v) is 7.73. The number of hydrogen-bond acceptors (Lipinski definition) is 5. The van der Waals surface area contributed by atoms with Crippen LogP contribution in [0.15, 0.2) is 12.3 Å². The minimum absolute atomic E-state index is 0.191. The highest BCUT2D eigenvalue weighted by molar-refractivity contribution is 5.77. The zero-order valence-electron chi connectivity index (χ0n) is 12.6. The Morgan fingerprint density at radius 2 is 2.24 bits per heavy atom. The zero-order valence-corrected chi connectivity index (χ0v) is 12.6. The number of anilines is 2. The number of carbonyl (C=O) groups excluding carboxylic acids is 1. The van der Waals surface area contributed by atoms with Crippen molar-refractivity contribution in [3.63, 3.8) is 0 Å². The molecule has 3 rings (SSSR count). The summed E-state index contributed by atoms with van der Waals surface area (Å²) < 4.78 is 0. The molecule has 0 aromatic carbocycles. The molecule has 2 N–H and O–H groups in total. The summed E-state index contributed by atoms with van der Waals surface area (Å²) in [4.78, 5) is 24.8. The van der Waals surface area contributed by atoms with Crippen LogP contribution in [-0.4, -0.2) is 47.0 Å². The second-order valence-corrected chi connectivity index (χ2v) is 6.21. The molecule has 2 aliphatic heterocycles. The molecule has 0 saturated carbocycles. The van der Waals surface area contributed by atoms with E-state index >= 15 is 0 Å². The summed E-state index contributed by atoms with van der Waals surface area (Å²) in [6, 6.07) is 1.71. The maximum absolute atomic E-state index is 11.9. The van der Waals surface area contributed by atoms with Crippen LogP contribution in [0.2, 0.25) is 0 Å². The van der Waals surface area contributed by atoms with Crippen molar-refractivity contribution in [2.24, 2.45) is 5.41 Å². The molecule has 0 bridgehead atoms. The smallest absolute Gasteiger partial charge is 0.227 e. The zero-order chi connectivity index (χ0) is 14.9. The van der Waals surface area contributed by atoms with Gasteiger partial charge in [0.1, 0.15) is 5.82 Å². The first-order chi connectivity index (χ1) is 10.1. The number of hydrogen-bond donors (Lipinski definition) is 1. The Morgan fingerprint density at radius 3 is 3.00 bits per heavy atom. The first kappa shape index (κ1) is 14.1. The number of carbonyl (C=O) groups is 1. The number of likely N-dealkylation sites (tertiary alicyclic amines) is 1. The maximum atomic E-state index is 11.9. The summed E-state index contributed by atoms with van der Waals surface area (Å²) in [5, 5.41) is 0. The van der Waals surface area contributed by atoms with Crippen LogP contribution in [0.4, 0.5) is 11.8 Å². The van der Waals surface area contributed by atoms with Gasteiger partial charge in [-0.05, 0) is 32.3 Å². The molecule has 1 aromatic heterocycles. The van der Waals surface area contributed by atoms with Crippen LogP contribution < -0.4 is 10.6 Å². The molecule has 0 unspecified atom stereocenters. The van der Waals surface area contributed by atoms with Crippen LogP contribution >= 0.6 is 0 Å². The average Bonchev–Trinajstić information content (AvgIpc) is 2.50. The molecule has 1 atom stereocenters. The molecule has 1 aromatic rings. The highest BCUT2D eigenvalue weighted by Crippen LogP contribution is 2.39. The van der Waals surface area contributed by atoms with Crippen LogP contribution in [-0.2, 0) is 4.79 Å². The van der Waals surface area contributed by atoms with Crippen molar-refractivity contribution in [3.05, 3.63) is 12.3 Å². The van der Waals surface area contributed by atoms with Gasteiger partial charge in [-0.1, -0.05) is 0 Å². The van der Waals surface area contributed by atoms with Crippen LogP contribution in [0.1, 0.15) is 32.6 Å². The number of piperidine rings is 2. The van der Waals surface area contributed by atoms with Crippen LogP contribution in [0.3, 0.4) is 0 Å². The molecule has 6 heteroatoms. The molecule has 6 nitrogen and oxygen atoms in total. The molecular weight excluding hydrogens is 266 g/mol. The molecule has 1 amide bonds. The van der Waals surface area contributed by atoms with Crippen molar-refractivity contribution in [1.82, 2.24) is 14.9 Å². The number of nitrogens with two attached hydrogens (primary N) is 1. The largest absolute Gasteiger partial charge is 0.384 e. The van der Waals surface area contributed by atoms with Crippen LogP contribution in [0, 0.1) is 5.41 Å². The van der Waals surface area contributed by atoms with E-state index in [1.165, 1.54) is 6.42 Å². The van der Waals surface area contributed by atoms with E-state index in [0.717, 1.165) is 39.0 Å². The van der Waals surface area contributed by atoms with Crippen molar-refractivity contribution in [3.8, 4) is 0 Å². The Hall–Kier alpha value is -1.85. The van der Waals surface area contributed by atoms with E-state index in [-0.39, 0.29) is 5.41 Å². The van der Waals surface area contributed by atoms with Gasteiger partial charge < -0.3 is 15.5 Å². The number of rotatable bonds is 2. The van der Waals surface area contributed by atoms with Gasteiger partial charge in [-0.25, -0.2) is 4.98 Å². The number of nitrogens with zero attached hydrogens (tertiary/aromatic N) is 4. The summed E-state index contributed by atoms with van der Waals surface area (Å²) >= 11 is 0. The van der Waals surface area contributed by atoms with Crippen molar-refractivity contribution in [2.45, 2.75) is 32.6 Å². The van der Waals surface area contributed by atoms with E-state index in [0.29, 0.717) is 24.1 Å². The van der Waals surface area contributed by atoms with Gasteiger partial charge in [0, 0.05) is 44.2 Å². The van der Waals surface area contributed by atoms with Crippen LogP contribution in [0.5, 0.6) is 0 Å². The fourth-order valence-electron chi connectivity index (χ4n) is 3.62. The molecule has 0 aliphatic carbocycles. The van der Waals surface area contributed by atoms with Crippen molar-refractivity contribution in [1.29, 1.82) is 0 Å². The van der Waals surface area contributed by atoms with E-state index < -0.39 is 0 Å². The number of nitrogen functional groups attached to an aromatic ring is 1. The lowest BCUT2D eigenvalue weighted by Gasteiger charge is -2.48. The molecule has 114 valence electrons. The highest BCUT2D eigenvalue weighted by Gasteiger charge is 2.41. The quantitative estimate of drug-likeness (QED) is 0.888. The van der Waals surface area contributed by atoms with Gasteiger partial charge in [0.05, 0.1) is 0 Å². The van der Waals surface area contributed by atoms with Crippen molar-refractivity contribution >= 4 is 17.7 Å². The predicted molar refractivity (Wildman–Crippen MR) is 81.8 cm³/mol. The Balaban J connectivity index is 1.78. The fraction of sp³-hybridized carbons (Fsp3) is 0.667. The van der Waals surface area contributed by atoms with E-state index in [1.807, 2.05) is 4.90 Å². The van der Waals surface area contributed by atoms with Gasteiger partial charge in [0.15, 0.2) is 0 Å². The molecule has 2 fully saturated rings. The summed E-state index contributed by atoms with van der Waals surface area (Å²) in [6.45, 7) is 5.60. The van der Waals surface area contributed by atoms with Gasteiger partial charge in [0.25, 0.3) is 0 Å². The summed E-state index contributed by atoms with van der Waals surface area (Å²) in [7, 11) is 0. The topological polar surface area (TPSA) is 75.3 Å². The normalized spacial score (nSPS) is 26.4. The van der Waals surface area contributed by atoms with Gasteiger partial charge in [-0.2, -0.15) is 4.98 Å². The molecule has 3 heterocycles. The summed E-state index contributed by atoms with van der Waals surface area (Å²) in [6.07, 6.45) is 5.64. The van der Waals surface area contributed by atoms with Crippen molar-refractivity contribution < 1.29 is 4.79 Å². The number of aromatic nitrogens is 2. The summed E-state index contributed by atoms with van der Waals surface area (Å²) in [5.41, 5.74) is 5.96. The second-order valence-electron chi connectivity index (χ2n) is 6.21. The maximum Gasteiger partial charge on any atom is 0.227 e.